The molecule has 1 aliphatic carbocycles. The van der Waals surface area contributed by atoms with E-state index in [-0.39, 0.29) is 23.9 Å². The standard InChI is InChI=1S/C17H16F4N4O4/c18-15(19)8-29-12-4-10(3-11(5-12)25(27)28)22-16(26)7-24-14(9-1-2-9)6-13(23-24)17(20)21/h3-6,9,15,17H,1-2,7-8H2,(H,22,26). The second-order valence-electron chi connectivity index (χ2n) is 6.45. The molecule has 1 aliphatic rings. The predicted molar refractivity (Wildman–Crippen MR) is 92.4 cm³/mol. The second-order valence-corrected chi connectivity index (χ2v) is 6.45. The van der Waals surface area contributed by atoms with E-state index in [4.69, 9.17) is 4.74 Å². The van der Waals surface area contributed by atoms with Gasteiger partial charge in [0.2, 0.25) is 5.91 Å². The Kier molecular flexibility index (Phi) is 5.99. The number of carbonyl (C=O) groups is 1. The molecule has 1 heterocycles. The third-order valence-electron chi connectivity index (χ3n) is 4.10. The smallest absolute Gasteiger partial charge is 0.282 e. The zero-order valence-corrected chi connectivity index (χ0v) is 14.9. The maximum atomic E-state index is 12.9. The number of amides is 1. The lowest BCUT2D eigenvalue weighted by atomic mass is 10.2. The monoisotopic (exact) mass is 416 g/mol. The number of hydrogen-bond donors (Lipinski definition) is 1. The highest BCUT2D eigenvalue weighted by atomic mass is 19.3. The zero-order valence-electron chi connectivity index (χ0n) is 14.9. The molecule has 0 unspecified atom stereocenters. The number of non-ortho nitro benzene ring substituents is 1. The number of hydrogen-bond acceptors (Lipinski definition) is 5. The van der Waals surface area contributed by atoms with Crippen molar-refractivity contribution >= 4 is 17.3 Å². The molecule has 2 aromatic rings. The molecular formula is C17H16F4N4O4. The van der Waals surface area contributed by atoms with Crippen molar-refractivity contribution in [2.24, 2.45) is 0 Å². The molecule has 0 bridgehead atoms. The molecule has 3 rings (SSSR count). The molecule has 12 heteroatoms. The van der Waals surface area contributed by atoms with Gasteiger partial charge < -0.3 is 10.1 Å². The summed E-state index contributed by atoms with van der Waals surface area (Å²) in [4.78, 5) is 22.6. The highest BCUT2D eigenvalue weighted by Gasteiger charge is 2.30. The predicted octanol–water partition coefficient (Wildman–Crippen LogP) is 3.89. The van der Waals surface area contributed by atoms with Crippen LogP contribution in [0.4, 0.5) is 28.9 Å². The molecule has 29 heavy (non-hydrogen) atoms. The third kappa shape index (κ3) is 5.42. The fourth-order valence-electron chi connectivity index (χ4n) is 2.73. The first-order chi connectivity index (χ1) is 13.7. The van der Waals surface area contributed by atoms with E-state index in [2.05, 4.69) is 10.4 Å². The molecule has 1 amide bonds. The Morgan fingerprint density at radius 1 is 1.28 bits per heavy atom. The Balaban J connectivity index is 1.75. The van der Waals surface area contributed by atoms with E-state index in [1.165, 1.54) is 10.7 Å². The first-order valence-electron chi connectivity index (χ1n) is 8.59. The van der Waals surface area contributed by atoms with E-state index in [0.29, 0.717) is 5.69 Å². The first kappa shape index (κ1) is 20.6. The first-order valence-corrected chi connectivity index (χ1v) is 8.59. The van der Waals surface area contributed by atoms with Gasteiger partial charge in [-0.2, -0.15) is 5.10 Å². The lowest BCUT2D eigenvalue weighted by molar-refractivity contribution is -0.384. The van der Waals surface area contributed by atoms with Crippen molar-refractivity contribution in [2.45, 2.75) is 38.2 Å². The van der Waals surface area contributed by atoms with Crippen LogP contribution in [0.5, 0.6) is 5.75 Å². The van der Waals surface area contributed by atoms with Crippen molar-refractivity contribution in [3.8, 4) is 5.75 Å². The molecule has 0 spiro atoms. The van der Waals surface area contributed by atoms with E-state index in [9.17, 15) is 32.5 Å². The molecule has 0 saturated heterocycles. The van der Waals surface area contributed by atoms with Gasteiger partial charge in [0.25, 0.3) is 18.5 Å². The fraction of sp³-hybridized carbons (Fsp3) is 0.412. The number of nitro groups is 1. The van der Waals surface area contributed by atoms with E-state index >= 15 is 0 Å². The SMILES string of the molecule is O=C(Cn1nc(C(F)F)cc1C1CC1)Nc1cc(OCC(F)F)cc([N+](=O)[O-])c1. The van der Waals surface area contributed by atoms with Gasteiger partial charge in [-0.05, 0) is 18.9 Å². The van der Waals surface area contributed by atoms with E-state index in [0.717, 1.165) is 31.0 Å². The van der Waals surface area contributed by atoms with Gasteiger partial charge in [-0.25, -0.2) is 17.6 Å². The van der Waals surface area contributed by atoms with Crippen molar-refractivity contribution in [3.05, 3.63) is 45.8 Å². The number of nitrogens with one attached hydrogen (secondary N) is 1. The molecule has 1 N–H and O–H groups in total. The van der Waals surface area contributed by atoms with Crippen LogP contribution in [-0.2, 0) is 11.3 Å². The number of aromatic nitrogens is 2. The summed E-state index contributed by atoms with van der Waals surface area (Å²) in [5, 5.41) is 17.2. The Morgan fingerprint density at radius 2 is 2.00 bits per heavy atom. The third-order valence-corrected chi connectivity index (χ3v) is 4.10. The average Bonchev–Trinajstić information content (AvgIpc) is 3.40. The summed E-state index contributed by atoms with van der Waals surface area (Å²) >= 11 is 0. The van der Waals surface area contributed by atoms with Gasteiger partial charge in [-0.15, -0.1) is 0 Å². The van der Waals surface area contributed by atoms with Gasteiger partial charge in [0.15, 0.2) is 0 Å². The number of anilines is 1. The van der Waals surface area contributed by atoms with Crippen LogP contribution in [0.2, 0.25) is 0 Å². The minimum atomic E-state index is -2.78. The molecule has 1 saturated carbocycles. The number of nitro benzene ring substituents is 1. The maximum Gasteiger partial charge on any atom is 0.282 e. The van der Waals surface area contributed by atoms with Crippen LogP contribution in [0.3, 0.4) is 0 Å². The minimum absolute atomic E-state index is 0.0531. The molecule has 1 fully saturated rings. The molecule has 0 radical (unpaired) electrons. The van der Waals surface area contributed by atoms with Crippen molar-refractivity contribution in [2.75, 3.05) is 11.9 Å². The summed E-state index contributed by atoms with van der Waals surface area (Å²) in [6.45, 7) is -1.35. The van der Waals surface area contributed by atoms with E-state index in [1.807, 2.05) is 0 Å². The van der Waals surface area contributed by atoms with Crippen LogP contribution in [0.1, 0.15) is 36.6 Å². The summed E-state index contributed by atoms with van der Waals surface area (Å²) in [7, 11) is 0. The van der Waals surface area contributed by atoms with Crippen LogP contribution in [0, 0.1) is 10.1 Å². The lowest BCUT2D eigenvalue weighted by Gasteiger charge is -2.10. The van der Waals surface area contributed by atoms with Crippen LogP contribution in [0.25, 0.3) is 0 Å². The lowest BCUT2D eigenvalue weighted by Crippen LogP contribution is -2.21. The number of ether oxygens (including phenoxy) is 1. The van der Waals surface area contributed by atoms with Gasteiger partial charge in [-0.3, -0.25) is 19.6 Å². The van der Waals surface area contributed by atoms with Crippen LogP contribution < -0.4 is 10.1 Å². The number of nitrogens with zero attached hydrogens (tertiary/aromatic N) is 3. The Labute approximate surface area is 161 Å². The summed E-state index contributed by atoms with van der Waals surface area (Å²) in [6, 6.07) is 4.40. The number of halogens is 4. The van der Waals surface area contributed by atoms with Crippen LogP contribution in [0.15, 0.2) is 24.3 Å². The van der Waals surface area contributed by atoms with Gasteiger partial charge in [0.1, 0.15) is 24.6 Å². The summed E-state index contributed by atoms with van der Waals surface area (Å²) < 4.78 is 56.4. The number of alkyl halides is 4. The van der Waals surface area contributed by atoms with E-state index in [1.54, 1.807) is 0 Å². The van der Waals surface area contributed by atoms with Gasteiger partial charge >= 0.3 is 0 Å². The molecule has 1 aromatic carbocycles. The minimum Gasteiger partial charge on any atom is -0.487 e. The van der Waals surface area contributed by atoms with Crippen molar-refractivity contribution in [1.29, 1.82) is 0 Å². The van der Waals surface area contributed by atoms with Crippen LogP contribution >= 0.6 is 0 Å². The van der Waals surface area contributed by atoms with Gasteiger partial charge in [-0.1, -0.05) is 0 Å². The summed E-state index contributed by atoms with van der Waals surface area (Å²) in [5.74, 6) is -0.821. The number of benzene rings is 1. The topological polar surface area (TPSA) is 99.3 Å². The Morgan fingerprint density at radius 3 is 2.59 bits per heavy atom. The number of rotatable bonds is 9. The van der Waals surface area contributed by atoms with Crippen molar-refractivity contribution < 1.29 is 32.0 Å². The van der Waals surface area contributed by atoms with Crippen molar-refractivity contribution in [3.63, 3.8) is 0 Å². The van der Waals surface area contributed by atoms with Gasteiger partial charge in [0, 0.05) is 23.7 Å². The Hall–Kier alpha value is -3.18. The molecule has 0 atom stereocenters. The molecule has 8 nitrogen and oxygen atoms in total. The largest absolute Gasteiger partial charge is 0.487 e. The van der Waals surface area contributed by atoms with Crippen molar-refractivity contribution in [1.82, 2.24) is 9.78 Å². The maximum absolute atomic E-state index is 12.9. The molecule has 1 aromatic heterocycles. The highest BCUT2D eigenvalue weighted by Crippen LogP contribution is 2.41. The Bertz CT molecular complexity index is 915. The van der Waals surface area contributed by atoms with Gasteiger partial charge in [0.05, 0.1) is 16.7 Å². The molecule has 0 aliphatic heterocycles. The molecule has 156 valence electrons. The van der Waals surface area contributed by atoms with E-state index < -0.39 is 41.7 Å². The fourth-order valence-corrected chi connectivity index (χ4v) is 2.73. The summed E-state index contributed by atoms with van der Waals surface area (Å²) in [6.07, 6.45) is -3.93. The number of carbonyl (C=O) groups excluding carboxylic acids is 1. The highest BCUT2D eigenvalue weighted by molar-refractivity contribution is 5.91. The molecular weight excluding hydrogens is 400 g/mol. The normalized spacial score (nSPS) is 13.7. The quantitative estimate of drug-likeness (QED) is 0.380. The van der Waals surface area contributed by atoms with Crippen LogP contribution in [-0.4, -0.2) is 33.6 Å². The summed E-state index contributed by atoms with van der Waals surface area (Å²) in [5.41, 5.74) is -0.430. The second kappa shape index (κ2) is 8.45. The zero-order chi connectivity index (χ0) is 21.1. The average molecular weight is 416 g/mol.